The second kappa shape index (κ2) is 9.22. The predicted octanol–water partition coefficient (Wildman–Crippen LogP) is 11.4. The Kier molecular flexibility index (Phi) is 5.00. The van der Waals surface area contributed by atoms with Gasteiger partial charge in [-0.25, -0.2) is 0 Å². The van der Waals surface area contributed by atoms with Crippen molar-refractivity contribution in [2.75, 3.05) is 0 Å². The monoisotopic (exact) mass is 574 g/mol. The zero-order valence-corrected chi connectivity index (χ0v) is 24.3. The summed E-state index contributed by atoms with van der Waals surface area (Å²) < 4.78 is 11.2. The van der Waals surface area contributed by atoms with Gasteiger partial charge in [0, 0.05) is 38.3 Å². The normalized spacial score (nSPS) is 12.0. The summed E-state index contributed by atoms with van der Waals surface area (Å²) in [7, 11) is 0. The SMILES string of the molecule is c1ccc(-c2ccc3c(c2)c2ccc4oc5ccccc5c4c2n3-c2cccc(-n3c4ccccc4c4ccccc43)c2)cc1. The number of aromatic nitrogens is 2. The summed E-state index contributed by atoms with van der Waals surface area (Å²) in [5, 5.41) is 7.22. The van der Waals surface area contributed by atoms with Gasteiger partial charge in [0.2, 0.25) is 0 Å². The lowest BCUT2D eigenvalue weighted by molar-refractivity contribution is 0.669. The summed E-state index contributed by atoms with van der Waals surface area (Å²) in [6, 6.07) is 56.5. The minimum atomic E-state index is 0.898. The van der Waals surface area contributed by atoms with E-state index in [2.05, 4.69) is 161 Å². The van der Waals surface area contributed by atoms with Crippen LogP contribution in [0.4, 0.5) is 0 Å². The molecule has 0 aliphatic rings. The van der Waals surface area contributed by atoms with Gasteiger partial charge in [-0.05, 0) is 71.8 Å². The molecule has 0 N–H and O–H groups in total. The molecule has 3 heterocycles. The zero-order valence-electron chi connectivity index (χ0n) is 24.3. The third-order valence-electron chi connectivity index (χ3n) is 9.30. The quantitative estimate of drug-likeness (QED) is 0.206. The summed E-state index contributed by atoms with van der Waals surface area (Å²) in [5.41, 5.74) is 11.2. The van der Waals surface area contributed by atoms with Crippen LogP contribution in [0.1, 0.15) is 0 Å². The molecule has 3 aromatic heterocycles. The standard InChI is InChI=1S/C42H26N2O/c1-2-11-27(12-3-1)28-21-23-38-35(25-28)33-22-24-40-41(34-17-6-9-20-39(34)45-40)42(33)44(38)30-14-10-13-29(26-30)43-36-18-7-4-15-31(36)32-16-5-8-19-37(32)43/h1-26H. The van der Waals surface area contributed by atoms with Gasteiger partial charge >= 0.3 is 0 Å². The van der Waals surface area contributed by atoms with Gasteiger partial charge < -0.3 is 13.6 Å². The molecule has 0 unspecified atom stereocenters. The van der Waals surface area contributed by atoms with Crippen LogP contribution < -0.4 is 0 Å². The third-order valence-corrected chi connectivity index (χ3v) is 9.30. The fourth-order valence-electron chi connectivity index (χ4n) is 7.37. The number of rotatable bonds is 3. The van der Waals surface area contributed by atoms with Crippen molar-refractivity contribution in [3.8, 4) is 22.5 Å². The Bertz CT molecular complexity index is 2710. The highest BCUT2D eigenvalue weighted by Gasteiger charge is 2.20. The number of benzene rings is 7. The number of hydrogen-bond donors (Lipinski definition) is 0. The molecule has 3 nitrogen and oxygen atoms in total. The van der Waals surface area contributed by atoms with Crippen molar-refractivity contribution >= 4 is 65.6 Å². The van der Waals surface area contributed by atoms with Gasteiger partial charge in [-0.1, -0.05) is 97.1 Å². The highest BCUT2D eigenvalue weighted by atomic mass is 16.3. The van der Waals surface area contributed by atoms with Crippen LogP contribution in [0.25, 0.3) is 88.1 Å². The molecular formula is C42H26N2O. The molecule has 10 aromatic rings. The zero-order chi connectivity index (χ0) is 29.5. The van der Waals surface area contributed by atoms with Gasteiger partial charge in [0.15, 0.2) is 0 Å². The third kappa shape index (κ3) is 3.46. The second-order valence-electron chi connectivity index (χ2n) is 11.8. The molecule has 0 saturated carbocycles. The lowest BCUT2D eigenvalue weighted by Crippen LogP contribution is -1.98. The molecular weight excluding hydrogens is 548 g/mol. The molecule has 45 heavy (non-hydrogen) atoms. The first-order valence-electron chi connectivity index (χ1n) is 15.4. The van der Waals surface area contributed by atoms with Crippen molar-refractivity contribution < 1.29 is 4.42 Å². The number of hydrogen-bond acceptors (Lipinski definition) is 1. The van der Waals surface area contributed by atoms with Crippen LogP contribution >= 0.6 is 0 Å². The Balaban J connectivity index is 1.32. The summed E-state index contributed by atoms with van der Waals surface area (Å²) in [6.07, 6.45) is 0. The molecule has 0 spiro atoms. The molecule has 3 heteroatoms. The van der Waals surface area contributed by atoms with E-state index in [1.54, 1.807) is 0 Å². The Morgan fingerprint density at radius 2 is 1.00 bits per heavy atom. The lowest BCUT2D eigenvalue weighted by Gasteiger charge is -2.13. The van der Waals surface area contributed by atoms with Crippen molar-refractivity contribution in [1.29, 1.82) is 0 Å². The van der Waals surface area contributed by atoms with Gasteiger partial charge in [-0.2, -0.15) is 0 Å². The first kappa shape index (κ1) is 24.4. The van der Waals surface area contributed by atoms with E-state index in [-0.39, 0.29) is 0 Å². The smallest absolute Gasteiger partial charge is 0.137 e. The van der Waals surface area contributed by atoms with Crippen molar-refractivity contribution in [1.82, 2.24) is 9.13 Å². The molecule has 7 aromatic carbocycles. The fraction of sp³-hybridized carbons (Fsp3) is 0. The van der Waals surface area contributed by atoms with Crippen LogP contribution in [-0.2, 0) is 0 Å². The predicted molar refractivity (Wildman–Crippen MR) is 188 cm³/mol. The second-order valence-corrected chi connectivity index (χ2v) is 11.8. The lowest BCUT2D eigenvalue weighted by atomic mass is 10.0. The van der Waals surface area contributed by atoms with Crippen LogP contribution in [0.3, 0.4) is 0 Å². The van der Waals surface area contributed by atoms with E-state index >= 15 is 0 Å². The first-order valence-corrected chi connectivity index (χ1v) is 15.4. The first-order chi connectivity index (χ1) is 22.3. The number of nitrogens with zero attached hydrogens (tertiary/aromatic N) is 2. The van der Waals surface area contributed by atoms with Gasteiger partial charge in [-0.15, -0.1) is 0 Å². The maximum Gasteiger partial charge on any atom is 0.137 e. The molecule has 0 radical (unpaired) electrons. The van der Waals surface area contributed by atoms with E-state index in [1.165, 1.54) is 49.2 Å². The molecule has 0 aliphatic carbocycles. The van der Waals surface area contributed by atoms with Gasteiger partial charge in [0.05, 0.1) is 27.5 Å². The number of furan rings is 1. The van der Waals surface area contributed by atoms with Gasteiger partial charge in [-0.3, -0.25) is 0 Å². The van der Waals surface area contributed by atoms with Gasteiger partial charge in [0.1, 0.15) is 11.2 Å². The van der Waals surface area contributed by atoms with Crippen molar-refractivity contribution in [3.05, 3.63) is 158 Å². The van der Waals surface area contributed by atoms with Crippen molar-refractivity contribution in [3.63, 3.8) is 0 Å². The fourth-order valence-corrected chi connectivity index (χ4v) is 7.37. The summed E-state index contributed by atoms with van der Waals surface area (Å²) in [4.78, 5) is 0. The average Bonchev–Trinajstić information content (AvgIpc) is 3.76. The summed E-state index contributed by atoms with van der Waals surface area (Å²) in [5.74, 6) is 0. The molecule has 0 aliphatic heterocycles. The Morgan fingerprint density at radius 3 is 1.78 bits per heavy atom. The van der Waals surface area contributed by atoms with Crippen LogP contribution in [-0.4, -0.2) is 9.13 Å². The van der Waals surface area contributed by atoms with E-state index in [4.69, 9.17) is 4.42 Å². The average molecular weight is 575 g/mol. The van der Waals surface area contributed by atoms with E-state index < -0.39 is 0 Å². The molecule has 0 saturated heterocycles. The van der Waals surface area contributed by atoms with Crippen LogP contribution in [0.2, 0.25) is 0 Å². The van der Waals surface area contributed by atoms with Crippen LogP contribution in [0.15, 0.2) is 162 Å². The molecule has 0 bridgehead atoms. The van der Waals surface area contributed by atoms with Crippen molar-refractivity contribution in [2.45, 2.75) is 0 Å². The van der Waals surface area contributed by atoms with E-state index in [1.807, 2.05) is 6.07 Å². The van der Waals surface area contributed by atoms with Crippen LogP contribution in [0.5, 0.6) is 0 Å². The molecule has 0 fully saturated rings. The highest BCUT2D eigenvalue weighted by molar-refractivity contribution is 6.24. The molecule has 0 amide bonds. The summed E-state index contributed by atoms with van der Waals surface area (Å²) in [6.45, 7) is 0. The minimum absolute atomic E-state index is 0.898. The minimum Gasteiger partial charge on any atom is -0.456 e. The number of para-hydroxylation sites is 3. The maximum absolute atomic E-state index is 6.40. The van der Waals surface area contributed by atoms with Crippen LogP contribution in [0, 0.1) is 0 Å². The highest BCUT2D eigenvalue weighted by Crippen LogP contribution is 2.42. The van der Waals surface area contributed by atoms with E-state index in [0.717, 1.165) is 38.8 Å². The van der Waals surface area contributed by atoms with Crippen molar-refractivity contribution in [2.24, 2.45) is 0 Å². The Hall–Kier alpha value is -6.06. The Morgan fingerprint density at radius 1 is 0.356 bits per heavy atom. The molecule has 210 valence electrons. The molecule has 0 atom stereocenters. The number of fused-ring (bicyclic) bond motifs is 10. The topological polar surface area (TPSA) is 23.0 Å². The van der Waals surface area contributed by atoms with E-state index in [0.29, 0.717) is 0 Å². The summed E-state index contributed by atoms with van der Waals surface area (Å²) >= 11 is 0. The molecule has 10 rings (SSSR count). The van der Waals surface area contributed by atoms with Gasteiger partial charge in [0.25, 0.3) is 0 Å². The largest absolute Gasteiger partial charge is 0.456 e. The van der Waals surface area contributed by atoms with E-state index in [9.17, 15) is 0 Å². The maximum atomic E-state index is 6.40. The Labute approximate surface area is 258 Å².